The van der Waals surface area contributed by atoms with E-state index < -0.39 is 18.1 Å². The zero-order valence-corrected chi connectivity index (χ0v) is 8.64. The highest BCUT2D eigenvalue weighted by Crippen LogP contribution is 2.13. The van der Waals surface area contributed by atoms with Crippen molar-refractivity contribution in [2.24, 2.45) is 5.73 Å². The van der Waals surface area contributed by atoms with Gasteiger partial charge in [0.2, 0.25) is 11.8 Å². The van der Waals surface area contributed by atoms with Gasteiger partial charge >= 0.3 is 18.1 Å². The zero-order chi connectivity index (χ0) is 14.3. The predicted molar refractivity (Wildman–Crippen MR) is 47.2 cm³/mol. The van der Waals surface area contributed by atoms with Crippen LogP contribution in [0, 0.1) is 0 Å². The van der Waals surface area contributed by atoms with Crippen molar-refractivity contribution in [1.82, 2.24) is 10.2 Å². The van der Waals surface area contributed by atoms with E-state index in [0.717, 1.165) is 0 Å². The molecule has 0 aliphatic carbocycles. The van der Waals surface area contributed by atoms with Gasteiger partial charge in [-0.1, -0.05) is 0 Å². The molecule has 0 saturated carbocycles. The second-order valence-corrected chi connectivity index (χ2v) is 2.67. The van der Waals surface area contributed by atoms with Gasteiger partial charge in [-0.05, 0) is 0 Å². The maximum Gasteiger partial charge on any atom is 0.490 e. The SMILES string of the molecule is NCc1nnc(CC(=O)O)o1.O=C(O)C(F)(F)F. The van der Waals surface area contributed by atoms with Crippen LogP contribution in [0.1, 0.15) is 11.8 Å². The van der Waals surface area contributed by atoms with Gasteiger partial charge in [0, 0.05) is 0 Å². The number of carbonyl (C=O) groups is 2. The first kappa shape index (κ1) is 15.8. The monoisotopic (exact) mass is 271 g/mol. The molecule has 0 aromatic carbocycles. The van der Waals surface area contributed by atoms with E-state index in [4.69, 9.17) is 25.2 Å². The molecule has 0 bridgehead atoms. The second kappa shape index (κ2) is 6.54. The molecule has 0 aliphatic rings. The Morgan fingerprint density at radius 1 is 1.22 bits per heavy atom. The lowest BCUT2D eigenvalue weighted by Crippen LogP contribution is -2.21. The Morgan fingerprint density at radius 3 is 1.94 bits per heavy atom. The van der Waals surface area contributed by atoms with Crippen molar-refractivity contribution in [1.29, 1.82) is 0 Å². The minimum Gasteiger partial charge on any atom is -0.481 e. The van der Waals surface area contributed by atoms with Crippen molar-refractivity contribution in [3.63, 3.8) is 0 Å². The average Bonchev–Trinajstić information content (AvgIpc) is 2.64. The van der Waals surface area contributed by atoms with Crippen LogP contribution >= 0.6 is 0 Å². The summed E-state index contributed by atoms with van der Waals surface area (Å²) in [5, 5.41) is 22.3. The summed E-state index contributed by atoms with van der Waals surface area (Å²) in [7, 11) is 0. The number of hydrogen-bond donors (Lipinski definition) is 3. The summed E-state index contributed by atoms with van der Waals surface area (Å²) in [5.41, 5.74) is 5.15. The first-order chi connectivity index (χ1) is 8.16. The maximum absolute atomic E-state index is 10.6. The van der Waals surface area contributed by atoms with Crippen LogP contribution in [-0.4, -0.2) is 38.5 Å². The summed E-state index contributed by atoms with van der Waals surface area (Å²) in [5.74, 6) is -3.43. The van der Waals surface area contributed by atoms with Gasteiger partial charge in [0.05, 0.1) is 6.54 Å². The predicted octanol–water partition coefficient (Wildman–Crippen LogP) is -0.211. The zero-order valence-electron chi connectivity index (χ0n) is 8.64. The van der Waals surface area contributed by atoms with E-state index in [2.05, 4.69) is 10.2 Å². The Hall–Kier alpha value is -2.17. The minimum atomic E-state index is -5.08. The number of hydrogen-bond acceptors (Lipinski definition) is 6. The lowest BCUT2D eigenvalue weighted by molar-refractivity contribution is -0.192. The molecule has 11 heteroatoms. The molecule has 102 valence electrons. The van der Waals surface area contributed by atoms with Crippen LogP contribution in [0.5, 0.6) is 0 Å². The number of rotatable bonds is 3. The highest BCUT2D eigenvalue weighted by atomic mass is 19.4. The number of carboxylic acids is 2. The van der Waals surface area contributed by atoms with E-state index in [9.17, 15) is 18.0 Å². The van der Waals surface area contributed by atoms with Crippen molar-refractivity contribution >= 4 is 11.9 Å². The summed E-state index contributed by atoms with van der Waals surface area (Å²) in [6.45, 7) is 0.132. The number of carboxylic acid groups (broad SMARTS) is 2. The fourth-order valence-corrected chi connectivity index (χ4v) is 0.572. The number of halogens is 3. The van der Waals surface area contributed by atoms with Crippen molar-refractivity contribution < 1.29 is 37.4 Å². The molecule has 0 saturated heterocycles. The molecule has 1 aromatic heterocycles. The van der Waals surface area contributed by atoms with E-state index in [1.54, 1.807) is 0 Å². The normalized spacial score (nSPS) is 10.4. The molecule has 1 rings (SSSR count). The minimum absolute atomic E-state index is 0.0814. The summed E-state index contributed by atoms with van der Waals surface area (Å²) in [6, 6.07) is 0. The molecular weight excluding hydrogens is 263 g/mol. The lowest BCUT2D eigenvalue weighted by Gasteiger charge is -1.93. The number of aromatic nitrogens is 2. The Balaban J connectivity index is 0.000000360. The molecule has 0 aliphatic heterocycles. The van der Waals surface area contributed by atoms with Crippen molar-refractivity contribution in [2.45, 2.75) is 19.1 Å². The van der Waals surface area contributed by atoms with Gasteiger partial charge in [-0.15, -0.1) is 10.2 Å². The molecular formula is C7H8F3N3O5. The van der Waals surface area contributed by atoms with E-state index >= 15 is 0 Å². The molecule has 0 spiro atoms. The largest absolute Gasteiger partial charge is 0.490 e. The third-order valence-corrected chi connectivity index (χ3v) is 1.23. The summed E-state index contributed by atoms with van der Waals surface area (Å²) >= 11 is 0. The molecule has 0 amide bonds. The molecule has 0 radical (unpaired) electrons. The van der Waals surface area contributed by atoms with Crippen LogP contribution in [0.4, 0.5) is 13.2 Å². The molecule has 1 heterocycles. The smallest absolute Gasteiger partial charge is 0.481 e. The van der Waals surface area contributed by atoms with Crippen LogP contribution < -0.4 is 5.73 Å². The molecule has 0 atom stereocenters. The van der Waals surface area contributed by atoms with Gasteiger partial charge in [0.25, 0.3) is 0 Å². The van der Waals surface area contributed by atoms with Gasteiger partial charge in [0.1, 0.15) is 6.42 Å². The standard InChI is InChI=1S/C5H7N3O3.C2HF3O2/c6-2-4-8-7-3(11-4)1-5(9)10;3-2(4,5)1(6)7/h1-2,6H2,(H,9,10);(H,6,7). The third-order valence-electron chi connectivity index (χ3n) is 1.23. The van der Waals surface area contributed by atoms with Gasteiger partial charge in [-0.3, -0.25) is 4.79 Å². The van der Waals surface area contributed by atoms with E-state index in [1.807, 2.05) is 0 Å². The van der Waals surface area contributed by atoms with Crippen LogP contribution in [0.2, 0.25) is 0 Å². The maximum atomic E-state index is 10.6. The van der Waals surface area contributed by atoms with Crippen molar-refractivity contribution in [3.8, 4) is 0 Å². The third kappa shape index (κ3) is 6.42. The van der Waals surface area contributed by atoms with Crippen molar-refractivity contribution in [3.05, 3.63) is 11.8 Å². The average molecular weight is 271 g/mol. The van der Waals surface area contributed by atoms with E-state index in [-0.39, 0.29) is 24.7 Å². The first-order valence-electron chi connectivity index (χ1n) is 4.20. The van der Waals surface area contributed by atoms with Crippen LogP contribution in [0.25, 0.3) is 0 Å². The number of nitrogens with two attached hydrogens (primary N) is 1. The Kier molecular flexibility index (Phi) is 5.75. The molecule has 0 fully saturated rings. The Morgan fingerprint density at radius 2 is 1.67 bits per heavy atom. The van der Waals surface area contributed by atoms with Gasteiger partial charge in [0.15, 0.2) is 0 Å². The fraction of sp³-hybridized carbons (Fsp3) is 0.429. The summed E-state index contributed by atoms with van der Waals surface area (Å²) in [6.07, 6.45) is -5.34. The molecule has 18 heavy (non-hydrogen) atoms. The van der Waals surface area contributed by atoms with Gasteiger partial charge in [-0.2, -0.15) is 13.2 Å². The number of nitrogens with zero attached hydrogens (tertiary/aromatic N) is 2. The molecule has 8 nitrogen and oxygen atoms in total. The Labute approximate surface area is 97.2 Å². The van der Waals surface area contributed by atoms with Crippen LogP contribution in [-0.2, 0) is 22.6 Å². The highest BCUT2D eigenvalue weighted by Gasteiger charge is 2.38. The topological polar surface area (TPSA) is 140 Å². The number of aliphatic carboxylic acids is 2. The molecule has 4 N–H and O–H groups in total. The molecule has 1 aromatic rings. The number of alkyl halides is 3. The summed E-state index contributed by atoms with van der Waals surface area (Å²) in [4.78, 5) is 19.0. The summed E-state index contributed by atoms with van der Waals surface area (Å²) < 4.78 is 36.6. The lowest BCUT2D eigenvalue weighted by atomic mass is 10.4. The van der Waals surface area contributed by atoms with Crippen LogP contribution in [0.15, 0.2) is 4.42 Å². The van der Waals surface area contributed by atoms with E-state index in [0.29, 0.717) is 0 Å². The van der Waals surface area contributed by atoms with Crippen LogP contribution in [0.3, 0.4) is 0 Å². The highest BCUT2D eigenvalue weighted by molar-refractivity contribution is 5.73. The second-order valence-electron chi connectivity index (χ2n) is 2.67. The first-order valence-corrected chi connectivity index (χ1v) is 4.20. The molecule has 0 unspecified atom stereocenters. The Bertz CT molecular complexity index is 417. The van der Waals surface area contributed by atoms with E-state index in [1.165, 1.54) is 0 Å². The quantitative estimate of drug-likeness (QED) is 0.685. The fourth-order valence-electron chi connectivity index (χ4n) is 0.572. The van der Waals surface area contributed by atoms with Gasteiger partial charge < -0.3 is 20.4 Å². The van der Waals surface area contributed by atoms with Gasteiger partial charge in [-0.25, -0.2) is 4.79 Å². The van der Waals surface area contributed by atoms with Crippen molar-refractivity contribution in [2.75, 3.05) is 0 Å².